The quantitative estimate of drug-likeness (QED) is 0.690. The normalized spacial score (nSPS) is 11.1. The van der Waals surface area contributed by atoms with Gasteiger partial charge in [-0.3, -0.25) is 4.79 Å². The molecule has 0 fully saturated rings. The fraction of sp³-hybridized carbons (Fsp3) is 0.133. The number of aryl methyl sites for hydroxylation is 1. The van der Waals surface area contributed by atoms with Crippen LogP contribution in [0.5, 0.6) is 0 Å². The first-order chi connectivity index (χ1) is 7.66. The minimum absolute atomic E-state index is 0.0764. The first-order valence-corrected chi connectivity index (χ1v) is 5.35. The fourth-order valence-corrected chi connectivity index (χ4v) is 1.76. The monoisotopic (exact) mass is 210 g/mol. The second-order valence-electron chi connectivity index (χ2n) is 4.00. The molecule has 2 aromatic rings. The Morgan fingerprint density at radius 1 is 1.12 bits per heavy atom. The van der Waals surface area contributed by atoms with Gasteiger partial charge in [-0.25, -0.2) is 0 Å². The minimum Gasteiger partial charge on any atom is -0.295 e. The maximum atomic E-state index is 10.9. The number of carbonyl (C=O) groups excluding carboxylic acids is 1. The van der Waals surface area contributed by atoms with Crippen LogP contribution in [-0.2, 0) is 4.79 Å². The molecule has 0 unspecified atom stereocenters. The zero-order valence-corrected chi connectivity index (χ0v) is 9.53. The van der Waals surface area contributed by atoms with Gasteiger partial charge in [-0.05, 0) is 47.9 Å². The highest BCUT2D eigenvalue weighted by molar-refractivity contribution is 5.93. The van der Waals surface area contributed by atoms with Gasteiger partial charge in [-0.2, -0.15) is 0 Å². The minimum atomic E-state index is 0.0764. The Balaban J connectivity index is 2.54. The van der Waals surface area contributed by atoms with Gasteiger partial charge in [-0.15, -0.1) is 0 Å². The molecule has 80 valence electrons. The number of fused-ring (bicyclic) bond motifs is 1. The third-order valence-electron chi connectivity index (χ3n) is 2.63. The summed E-state index contributed by atoms with van der Waals surface area (Å²) in [6, 6.07) is 12.5. The van der Waals surface area contributed by atoms with Gasteiger partial charge in [0.1, 0.15) is 0 Å². The highest BCUT2D eigenvalue weighted by atomic mass is 16.1. The Morgan fingerprint density at radius 2 is 1.75 bits per heavy atom. The van der Waals surface area contributed by atoms with E-state index in [1.807, 2.05) is 18.2 Å². The lowest BCUT2D eigenvalue weighted by molar-refractivity contribution is -0.112. The molecule has 0 N–H and O–H groups in total. The Labute approximate surface area is 95.4 Å². The summed E-state index contributed by atoms with van der Waals surface area (Å²) in [7, 11) is 0. The zero-order valence-electron chi connectivity index (χ0n) is 9.53. The van der Waals surface area contributed by atoms with Crippen molar-refractivity contribution in [2.45, 2.75) is 13.8 Å². The molecular weight excluding hydrogens is 196 g/mol. The summed E-state index contributed by atoms with van der Waals surface area (Å²) < 4.78 is 0. The van der Waals surface area contributed by atoms with Gasteiger partial charge in [-0.1, -0.05) is 36.4 Å². The van der Waals surface area contributed by atoms with Gasteiger partial charge in [0.2, 0.25) is 0 Å². The predicted molar refractivity (Wildman–Crippen MR) is 68.4 cm³/mol. The number of allylic oxidation sites excluding steroid dienone is 1. The van der Waals surface area contributed by atoms with Crippen molar-refractivity contribution < 1.29 is 4.79 Å². The molecule has 0 heterocycles. The van der Waals surface area contributed by atoms with Crippen LogP contribution in [0.25, 0.3) is 16.8 Å². The van der Waals surface area contributed by atoms with E-state index in [9.17, 15) is 4.79 Å². The number of benzene rings is 2. The molecule has 0 aliphatic carbocycles. The Kier molecular flexibility index (Phi) is 2.86. The van der Waals surface area contributed by atoms with E-state index < -0.39 is 0 Å². The topological polar surface area (TPSA) is 17.1 Å². The largest absolute Gasteiger partial charge is 0.295 e. The second-order valence-corrected chi connectivity index (χ2v) is 4.00. The smallest absolute Gasteiger partial charge is 0.152 e. The molecule has 0 amide bonds. The SMILES string of the molecule is CC(=O)C=Cc1cc2ccccc2cc1C. The lowest BCUT2D eigenvalue weighted by Crippen LogP contribution is -1.84. The van der Waals surface area contributed by atoms with E-state index in [-0.39, 0.29) is 5.78 Å². The number of ketones is 1. The summed E-state index contributed by atoms with van der Waals surface area (Å²) in [6.07, 6.45) is 3.49. The van der Waals surface area contributed by atoms with E-state index in [1.165, 1.54) is 16.3 Å². The van der Waals surface area contributed by atoms with Gasteiger partial charge in [0.15, 0.2) is 5.78 Å². The summed E-state index contributed by atoms with van der Waals surface area (Å²) in [5.41, 5.74) is 2.30. The number of rotatable bonds is 2. The highest BCUT2D eigenvalue weighted by Gasteiger charge is 1.98. The Hall–Kier alpha value is -1.89. The van der Waals surface area contributed by atoms with Crippen molar-refractivity contribution in [2.75, 3.05) is 0 Å². The molecule has 2 rings (SSSR count). The molecule has 0 radical (unpaired) electrons. The van der Waals surface area contributed by atoms with Crippen LogP contribution in [0.1, 0.15) is 18.1 Å². The van der Waals surface area contributed by atoms with Crippen LogP contribution in [0.15, 0.2) is 42.5 Å². The van der Waals surface area contributed by atoms with Crippen LogP contribution in [0.4, 0.5) is 0 Å². The van der Waals surface area contributed by atoms with E-state index in [0.29, 0.717) is 0 Å². The Bertz CT molecular complexity index is 565. The lowest BCUT2D eigenvalue weighted by Gasteiger charge is -2.03. The molecule has 0 aliphatic heterocycles. The highest BCUT2D eigenvalue weighted by Crippen LogP contribution is 2.20. The zero-order chi connectivity index (χ0) is 11.5. The third-order valence-corrected chi connectivity index (χ3v) is 2.63. The van der Waals surface area contributed by atoms with Gasteiger partial charge < -0.3 is 0 Å². The summed E-state index contributed by atoms with van der Waals surface area (Å²) in [6.45, 7) is 3.62. The van der Waals surface area contributed by atoms with E-state index in [1.54, 1.807) is 13.0 Å². The molecule has 0 saturated carbocycles. The van der Waals surface area contributed by atoms with Gasteiger partial charge >= 0.3 is 0 Å². The molecule has 0 bridgehead atoms. The Morgan fingerprint density at radius 3 is 2.38 bits per heavy atom. The molecular formula is C15H14O. The van der Waals surface area contributed by atoms with Crippen molar-refractivity contribution in [1.29, 1.82) is 0 Å². The molecule has 2 aromatic carbocycles. The van der Waals surface area contributed by atoms with Crippen molar-refractivity contribution in [3.63, 3.8) is 0 Å². The standard InChI is InChI=1S/C15H14O/c1-11-9-14-5-3-4-6-15(14)10-13(11)8-7-12(2)16/h3-10H,1-2H3. The maximum Gasteiger partial charge on any atom is 0.152 e. The first-order valence-electron chi connectivity index (χ1n) is 5.35. The van der Waals surface area contributed by atoms with E-state index in [0.717, 1.165) is 5.56 Å². The van der Waals surface area contributed by atoms with Gasteiger partial charge in [0, 0.05) is 0 Å². The van der Waals surface area contributed by atoms with Crippen LogP contribution in [0, 0.1) is 6.92 Å². The summed E-state index contributed by atoms with van der Waals surface area (Å²) in [5.74, 6) is 0.0764. The number of carbonyl (C=O) groups is 1. The molecule has 0 aromatic heterocycles. The number of hydrogen-bond donors (Lipinski definition) is 0. The van der Waals surface area contributed by atoms with Crippen LogP contribution in [-0.4, -0.2) is 5.78 Å². The van der Waals surface area contributed by atoms with Gasteiger partial charge in [0.05, 0.1) is 0 Å². The van der Waals surface area contributed by atoms with Gasteiger partial charge in [0.25, 0.3) is 0 Å². The van der Waals surface area contributed by atoms with Crippen LogP contribution in [0.2, 0.25) is 0 Å². The van der Waals surface area contributed by atoms with Crippen molar-refractivity contribution in [3.8, 4) is 0 Å². The van der Waals surface area contributed by atoms with Crippen molar-refractivity contribution >= 4 is 22.6 Å². The summed E-state index contributed by atoms with van der Waals surface area (Å²) in [5, 5.41) is 2.44. The third kappa shape index (κ3) is 2.19. The predicted octanol–water partition coefficient (Wildman–Crippen LogP) is 3.75. The van der Waals surface area contributed by atoms with E-state index in [2.05, 4.69) is 31.2 Å². The molecule has 0 spiro atoms. The molecule has 1 nitrogen and oxygen atoms in total. The average Bonchev–Trinajstić information content (AvgIpc) is 2.26. The molecule has 1 heteroatoms. The molecule has 0 saturated heterocycles. The van der Waals surface area contributed by atoms with Crippen molar-refractivity contribution in [2.24, 2.45) is 0 Å². The second kappa shape index (κ2) is 4.31. The lowest BCUT2D eigenvalue weighted by atomic mass is 10.0. The fourth-order valence-electron chi connectivity index (χ4n) is 1.76. The average molecular weight is 210 g/mol. The first kappa shape index (κ1) is 10.6. The summed E-state index contributed by atoms with van der Waals surface area (Å²) >= 11 is 0. The maximum absolute atomic E-state index is 10.9. The van der Waals surface area contributed by atoms with Crippen LogP contribution < -0.4 is 0 Å². The van der Waals surface area contributed by atoms with E-state index >= 15 is 0 Å². The van der Waals surface area contributed by atoms with Crippen LogP contribution >= 0.6 is 0 Å². The molecule has 16 heavy (non-hydrogen) atoms. The molecule has 0 aliphatic rings. The number of hydrogen-bond acceptors (Lipinski definition) is 1. The summed E-state index contributed by atoms with van der Waals surface area (Å²) in [4.78, 5) is 10.9. The van der Waals surface area contributed by atoms with E-state index in [4.69, 9.17) is 0 Å². The molecule has 0 atom stereocenters. The van der Waals surface area contributed by atoms with Crippen molar-refractivity contribution in [1.82, 2.24) is 0 Å². The van der Waals surface area contributed by atoms with Crippen LogP contribution in [0.3, 0.4) is 0 Å². The van der Waals surface area contributed by atoms with Crippen molar-refractivity contribution in [3.05, 3.63) is 53.6 Å².